The van der Waals surface area contributed by atoms with E-state index >= 15 is 0 Å². The first kappa shape index (κ1) is 13.8. The van der Waals surface area contributed by atoms with Crippen molar-refractivity contribution in [1.29, 1.82) is 0 Å². The molecule has 1 aliphatic rings. The second-order valence-corrected chi connectivity index (χ2v) is 6.22. The van der Waals surface area contributed by atoms with Crippen LogP contribution in [0.15, 0.2) is 22.7 Å². The molecule has 100 valence electrons. The number of aliphatic hydroxyl groups excluding tert-OH is 1. The maximum atomic E-state index is 9.60. The van der Waals surface area contributed by atoms with Gasteiger partial charge in [0.05, 0.1) is 19.8 Å². The van der Waals surface area contributed by atoms with E-state index < -0.39 is 0 Å². The fourth-order valence-corrected chi connectivity index (χ4v) is 2.58. The van der Waals surface area contributed by atoms with Crippen molar-refractivity contribution in [2.24, 2.45) is 0 Å². The lowest BCUT2D eigenvalue weighted by Gasteiger charge is -2.34. The highest BCUT2D eigenvalue weighted by Gasteiger charge is 2.26. The van der Waals surface area contributed by atoms with Crippen molar-refractivity contribution >= 4 is 21.6 Å². The highest BCUT2D eigenvalue weighted by atomic mass is 79.9. The summed E-state index contributed by atoms with van der Waals surface area (Å²) in [5.74, 6) is 0. The first-order chi connectivity index (χ1) is 8.54. The van der Waals surface area contributed by atoms with Crippen LogP contribution in [0.5, 0.6) is 0 Å². The minimum atomic E-state index is -0.239. The summed E-state index contributed by atoms with van der Waals surface area (Å²) in [6.07, 6.45) is 0. The van der Waals surface area contributed by atoms with E-state index in [1.165, 1.54) is 11.3 Å². The first-order valence-electron chi connectivity index (χ1n) is 6.28. The standard InChI is InChI=1S/C14H20BrNO2/c1-14(2,10-17)12-9-11(15)3-4-13(12)16-5-7-18-8-6-16/h3-4,9,17H,5-8,10H2,1-2H3. The Bertz CT molecular complexity index is 414. The lowest BCUT2D eigenvalue weighted by atomic mass is 9.84. The van der Waals surface area contributed by atoms with Gasteiger partial charge in [0.1, 0.15) is 0 Å². The zero-order valence-electron chi connectivity index (χ0n) is 10.9. The largest absolute Gasteiger partial charge is 0.395 e. The zero-order valence-corrected chi connectivity index (χ0v) is 12.5. The van der Waals surface area contributed by atoms with E-state index in [2.05, 4.69) is 52.9 Å². The predicted octanol–water partition coefficient (Wildman–Crippen LogP) is 2.56. The van der Waals surface area contributed by atoms with Gasteiger partial charge >= 0.3 is 0 Å². The average Bonchev–Trinajstić information content (AvgIpc) is 2.39. The Morgan fingerprint density at radius 1 is 1.33 bits per heavy atom. The van der Waals surface area contributed by atoms with Crippen molar-refractivity contribution in [2.45, 2.75) is 19.3 Å². The molecule has 0 bridgehead atoms. The van der Waals surface area contributed by atoms with Gasteiger partial charge < -0.3 is 14.7 Å². The molecule has 0 saturated carbocycles. The van der Waals surface area contributed by atoms with Crippen LogP contribution in [0.1, 0.15) is 19.4 Å². The molecule has 0 spiro atoms. The van der Waals surface area contributed by atoms with Crippen molar-refractivity contribution in [2.75, 3.05) is 37.8 Å². The number of hydrogen-bond donors (Lipinski definition) is 1. The van der Waals surface area contributed by atoms with Gasteiger partial charge in [-0.3, -0.25) is 0 Å². The number of halogens is 1. The van der Waals surface area contributed by atoms with Gasteiger partial charge in [-0.25, -0.2) is 0 Å². The number of ether oxygens (including phenoxy) is 1. The molecule has 3 nitrogen and oxygen atoms in total. The van der Waals surface area contributed by atoms with Crippen LogP contribution in [0.25, 0.3) is 0 Å². The summed E-state index contributed by atoms with van der Waals surface area (Å²) in [7, 11) is 0. The Balaban J connectivity index is 2.39. The summed E-state index contributed by atoms with van der Waals surface area (Å²) in [5.41, 5.74) is 2.15. The summed E-state index contributed by atoms with van der Waals surface area (Å²) >= 11 is 3.52. The van der Waals surface area contributed by atoms with Crippen LogP contribution in [-0.4, -0.2) is 38.0 Å². The molecule has 1 aromatic carbocycles. The number of aliphatic hydroxyl groups is 1. The fourth-order valence-electron chi connectivity index (χ4n) is 2.22. The third-order valence-corrected chi connectivity index (χ3v) is 3.93. The number of morpholine rings is 1. The van der Waals surface area contributed by atoms with Gasteiger partial charge in [-0.2, -0.15) is 0 Å². The van der Waals surface area contributed by atoms with Crippen LogP contribution in [0.2, 0.25) is 0 Å². The monoisotopic (exact) mass is 313 g/mol. The van der Waals surface area contributed by atoms with Crippen molar-refractivity contribution < 1.29 is 9.84 Å². The molecule has 4 heteroatoms. The smallest absolute Gasteiger partial charge is 0.0642 e. The Hall–Kier alpha value is -0.580. The van der Waals surface area contributed by atoms with Gasteiger partial charge in [-0.15, -0.1) is 0 Å². The molecule has 1 heterocycles. The van der Waals surface area contributed by atoms with E-state index in [9.17, 15) is 5.11 Å². The predicted molar refractivity (Wildman–Crippen MR) is 77.3 cm³/mol. The van der Waals surface area contributed by atoms with E-state index in [4.69, 9.17) is 4.74 Å². The Labute approximate surface area is 117 Å². The van der Waals surface area contributed by atoms with E-state index in [-0.39, 0.29) is 12.0 Å². The van der Waals surface area contributed by atoms with Crippen molar-refractivity contribution in [3.05, 3.63) is 28.2 Å². The molecule has 0 unspecified atom stereocenters. The molecule has 2 rings (SSSR count). The summed E-state index contributed by atoms with van der Waals surface area (Å²) in [4.78, 5) is 2.34. The molecule has 1 aromatic rings. The van der Waals surface area contributed by atoms with Crippen molar-refractivity contribution in [3.63, 3.8) is 0 Å². The SMILES string of the molecule is CC(C)(CO)c1cc(Br)ccc1N1CCOCC1. The van der Waals surface area contributed by atoms with Gasteiger partial charge in [0.15, 0.2) is 0 Å². The molecule has 18 heavy (non-hydrogen) atoms. The average molecular weight is 314 g/mol. The molecule has 0 atom stereocenters. The summed E-state index contributed by atoms with van der Waals surface area (Å²) in [6, 6.07) is 6.30. The van der Waals surface area contributed by atoms with Crippen LogP contribution >= 0.6 is 15.9 Å². The maximum absolute atomic E-state index is 9.60. The molecular weight excluding hydrogens is 294 g/mol. The lowest BCUT2D eigenvalue weighted by molar-refractivity contribution is 0.122. The van der Waals surface area contributed by atoms with Crippen molar-refractivity contribution in [3.8, 4) is 0 Å². The number of benzene rings is 1. The maximum Gasteiger partial charge on any atom is 0.0642 e. The van der Waals surface area contributed by atoms with Gasteiger partial charge in [0, 0.05) is 28.7 Å². The number of rotatable bonds is 3. The number of anilines is 1. The van der Waals surface area contributed by atoms with Crippen molar-refractivity contribution in [1.82, 2.24) is 0 Å². The molecule has 0 aliphatic carbocycles. The van der Waals surface area contributed by atoms with E-state index in [1.807, 2.05) is 0 Å². The molecule has 0 aromatic heterocycles. The van der Waals surface area contributed by atoms with Gasteiger partial charge in [0.2, 0.25) is 0 Å². The molecule has 1 N–H and O–H groups in total. The zero-order chi connectivity index (χ0) is 13.2. The minimum absolute atomic E-state index is 0.140. The highest BCUT2D eigenvalue weighted by Crippen LogP contribution is 2.34. The molecule has 0 radical (unpaired) electrons. The Kier molecular flexibility index (Phi) is 4.30. The third kappa shape index (κ3) is 2.87. The van der Waals surface area contributed by atoms with E-state index in [0.29, 0.717) is 0 Å². The molecule has 1 fully saturated rings. The topological polar surface area (TPSA) is 32.7 Å². The van der Waals surface area contributed by atoms with E-state index in [0.717, 1.165) is 30.8 Å². The fraction of sp³-hybridized carbons (Fsp3) is 0.571. The van der Waals surface area contributed by atoms with E-state index in [1.54, 1.807) is 0 Å². The van der Waals surface area contributed by atoms with Crippen LogP contribution in [-0.2, 0) is 10.2 Å². The van der Waals surface area contributed by atoms with Gasteiger partial charge in [-0.05, 0) is 23.8 Å². The first-order valence-corrected chi connectivity index (χ1v) is 7.07. The van der Waals surface area contributed by atoms with Crippen LogP contribution in [0.3, 0.4) is 0 Å². The molecule has 1 aliphatic heterocycles. The second-order valence-electron chi connectivity index (χ2n) is 5.30. The van der Waals surface area contributed by atoms with Gasteiger partial charge in [-0.1, -0.05) is 29.8 Å². The molecule has 1 saturated heterocycles. The van der Waals surface area contributed by atoms with Crippen LogP contribution < -0.4 is 4.90 Å². The van der Waals surface area contributed by atoms with Crippen LogP contribution in [0.4, 0.5) is 5.69 Å². The quantitative estimate of drug-likeness (QED) is 0.931. The molecular formula is C14H20BrNO2. The Morgan fingerprint density at radius 2 is 2.00 bits per heavy atom. The summed E-state index contributed by atoms with van der Waals surface area (Å²) in [5, 5.41) is 9.60. The van der Waals surface area contributed by atoms with Crippen LogP contribution in [0, 0.1) is 0 Å². The number of nitrogens with zero attached hydrogens (tertiary/aromatic N) is 1. The minimum Gasteiger partial charge on any atom is -0.395 e. The summed E-state index contributed by atoms with van der Waals surface area (Å²) < 4.78 is 6.45. The summed E-state index contributed by atoms with van der Waals surface area (Å²) in [6.45, 7) is 7.65. The van der Waals surface area contributed by atoms with Gasteiger partial charge in [0.25, 0.3) is 0 Å². The third-order valence-electron chi connectivity index (χ3n) is 3.43. The highest BCUT2D eigenvalue weighted by molar-refractivity contribution is 9.10. The second kappa shape index (κ2) is 5.59. The number of hydrogen-bond acceptors (Lipinski definition) is 3. The molecule has 0 amide bonds. The Morgan fingerprint density at radius 3 is 2.61 bits per heavy atom. The lowest BCUT2D eigenvalue weighted by Crippen LogP contribution is -2.38. The normalized spacial score (nSPS) is 17.0.